The molecule has 4 nitrogen and oxygen atoms in total. The van der Waals surface area contributed by atoms with E-state index in [1.807, 2.05) is 0 Å². The van der Waals surface area contributed by atoms with Crippen molar-refractivity contribution in [1.82, 2.24) is 5.32 Å². The summed E-state index contributed by atoms with van der Waals surface area (Å²) < 4.78 is 5.64. The predicted octanol–water partition coefficient (Wildman–Crippen LogP) is 4.07. The summed E-state index contributed by atoms with van der Waals surface area (Å²) >= 11 is 5.93. The Hall–Kier alpha value is -2.20. The molecule has 3 rings (SSSR count). The molecule has 0 saturated carbocycles. The van der Waals surface area contributed by atoms with Crippen LogP contribution in [0.1, 0.15) is 25.3 Å². The summed E-state index contributed by atoms with van der Waals surface area (Å²) in [5.74, 6) is 0.495. The molecule has 0 spiro atoms. The van der Waals surface area contributed by atoms with Crippen molar-refractivity contribution < 1.29 is 9.53 Å². The molecule has 0 unspecified atom stereocenters. The van der Waals surface area contributed by atoms with Crippen LogP contribution < -0.4 is 15.0 Å². The van der Waals surface area contributed by atoms with Crippen LogP contribution in [0.5, 0.6) is 5.75 Å². The van der Waals surface area contributed by atoms with Gasteiger partial charge in [0, 0.05) is 30.3 Å². The minimum absolute atomic E-state index is 0.107. The minimum atomic E-state index is -0.552. The van der Waals surface area contributed by atoms with Gasteiger partial charge < -0.3 is 15.0 Å². The van der Waals surface area contributed by atoms with Crippen molar-refractivity contribution in [2.45, 2.75) is 32.3 Å². The van der Waals surface area contributed by atoms with Gasteiger partial charge in [-0.25, -0.2) is 0 Å². The maximum absolute atomic E-state index is 12.2. The van der Waals surface area contributed by atoms with Crippen LogP contribution in [-0.2, 0) is 11.2 Å². The number of ether oxygens (including phenoxy) is 1. The van der Waals surface area contributed by atoms with Crippen LogP contribution in [0.2, 0.25) is 5.02 Å². The first kappa shape index (κ1) is 18.6. The number of hydrogen-bond acceptors (Lipinski definition) is 3. The third-order valence-electron chi connectivity index (χ3n) is 4.59. The van der Waals surface area contributed by atoms with Crippen molar-refractivity contribution in [2.75, 3.05) is 24.5 Å². The Bertz CT molecular complexity index is 750. The van der Waals surface area contributed by atoms with E-state index in [-0.39, 0.29) is 5.91 Å². The third kappa shape index (κ3) is 4.92. The summed E-state index contributed by atoms with van der Waals surface area (Å²) in [4.78, 5) is 14.6. The number of carbonyl (C=O) groups excluding carboxylic acids is 1. The number of aryl methyl sites for hydroxylation is 1. The molecule has 1 aliphatic heterocycles. The molecule has 0 aliphatic carbocycles. The number of amides is 1. The molecular weight excluding hydrogens is 348 g/mol. The number of anilines is 1. The Morgan fingerprint density at radius 3 is 2.96 bits per heavy atom. The van der Waals surface area contributed by atoms with Crippen molar-refractivity contribution in [2.24, 2.45) is 0 Å². The van der Waals surface area contributed by atoms with Crippen molar-refractivity contribution >= 4 is 23.2 Å². The number of carbonyl (C=O) groups is 1. The van der Waals surface area contributed by atoms with E-state index in [2.05, 4.69) is 34.5 Å². The van der Waals surface area contributed by atoms with Crippen LogP contribution >= 0.6 is 11.6 Å². The average molecular weight is 373 g/mol. The number of nitrogens with zero attached hydrogens (tertiary/aromatic N) is 1. The molecule has 26 heavy (non-hydrogen) atoms. The standard InChI is InChI=1S/C21H25ClN2O2/c1-16(26-19-10-4-9-18(22)15-19)21(25)23-12-6-14-24-13-5-8-17-7-2-3-11-20(17)24/h2-4,7,9-11,15-16H,5-6,8,12-14H2,1H3,(H,23,25)/t16-/m0/s1. The number of halogens is 1. The zero-order valence-corrected chi connectivity index (χ0v) is 15.8. The summed E-state index contributed by atoms with van der Waals surface area (Å²) in [6.45, 7) is 4.41. The largest absolute Gasteiger partial charge is 0.481 e. The molecule has 0 saturated heterocycles. The fourth-order valence-corrected chi connectivity index (χ4v) is 3.45. The van der Waals surface area contributed by atoms with Crippen molar-refractivity contribution in [3.63, 3.8) is 0 Å². The molecule has 0 aromatic heterocycles. The van der Waals surface area contributed by atoms with Crippen molar-refractivity contribution in [3.8, 4) is 5.75 Å². The SMILES string of the molecule is C[C@H](Oc1cccc(Cl)c1)C(=O)NCCCN1CCCc2ccccc21. The van der Waals surface area contributed by atoms with Crippen LogP contribution in [-0.4, -0.2) is 31.6 Å². The molecule has 0 bridgehead atoms. The predicted molar refractivity (Wildman–Crippen MR) is 106 cm³/mol. The molecule has 1 amide bonds. The number of nitrogens with one attached hydrogen (secondary N) is 1. The molecule has 1 aliphatic rings. The molecule has 0 fully saturated rings. The van der Waals surface area contributed by atoms with Gasteiger partial charge in [-0.05, 0) is 56.0 Å². The van der Waals surface area contributed by atoms with Crippen LogP contribution in [0.25, 0.3) is 0 Å². The lowest BCUT2D eigenvalue weighted by molar-refractivity contribution is -0.127. The number of rotatable bonds is 7. The monoisotopic (exact) mass is 372 g/mol. The minimum Gasteiger partial charge on any atom is -0.481 e. The topological polar surface area (TPSA) is 41.6 Å². The number of para-hydroxylation sites is 1. The molecule has 1 heterocycles. The van der Waals surface area contributed by atoms with E-state index >= 15 is 0 Å². The highest BCUT2D eigenvalue weighted by molar-refractivity contribution is 6.30. The molecule has 1 atom stereocenters. The quantitative estimate of drug-likeness (QED) is 0.745. The van der Waals surface area contributed by atoms with Gasteiger partial charge in [0.25, 0.3) is 5.91 Å². The van der Waals surface area contributed by atoms with Crippen LogP contribution in [0.3, 0.4) is 0 Å². The van der Waals surface area contributed by atoms with Gasteiger partial charge in [-0.2, -0.15) is 0 Å². The van der Waals surface area contributed by atoms with Gasteiger partial charge in [-0.15, -0.1) is 0 Å². The zero-order chi connectivity index (χ0) is 18.4. The molecule has 138 valence electrons. The van der Waals surface area contributed by atoms with Gasteiger partial charge in [0.05, 0.1) is 0 Å². The highest BCUT2D eigenvalue weighted by atomic mass is 35.5. The average Bonchev–Trinajstić information content (AvgIpc) is 2.65. The van der Waals surface area contributed by atoms with Gasteiger partial charge in [0.1, 0.15) is 5.75 Å². The molecule has 5 heteroatoms. The van der Waals surface area contributed by atoms with E-state index in [0.29, 0.717) is 17.3 Å². The lowest BCUT2D eigenvalue weighted by Gasteiger charge is -2.31. The van der Waals surface area contributed by atoms with Crippen LogP contribution in [0, 0.1) is 0 Å². The fraction of sp³-hybridized carbons (Fsp3) is 0.381. The van der Waals surface area contributed by atoms with Crippen molar-refractivity contribution in [3.05, 3.63) is 59.1 Å². The second kappa shape index (κ2) is 8.95. The highest BCUT2D eigenvalue weighted by Gasteiger charge is 2.17. The summed E-state index contributed by atoms with van der Waals surface area (Å²) in [5.41, 5.74) is 2.76. The zero-order valence-electron chi connectivity index (χ0n) is 15.1. The van der Waals surface area contributed by atoms with Crippen LogP contribution in [0.15, 0.2) is 48.5 Å². The van der Waals surface area contributed by atoms with Crippen LogP contribution in [0.4, 0.5) is 5.69 Å². The summed E-state index contributed by atoms with van der Waals surface area (Å²) in [7, 11) is 0. The molecule has 2 aromatic rings. The summed E-state index contributed by atoms with van der Waals surface area (Å²) in [6, 6.07) is 15.7. The van der Waals surface area contributed by atoms with Gasteiger partial charge in [-0.3, -0.25) is 4.79 Å². The maximum Gasteiger partial charge on any atom is 0.260 e. The fourth-order valence-electron chi connectivity index (χ4n) is 3.27. The number of hydrogen-bond donors (Lipinski definition) is 1. The normalized spacial score (nSPS) is 14.5. The molecule has 2 aromatic carbocycles. The number of fused-ring (bicyclic) bond motifs is 1. The first-order chi connectivity index (χ1) is 12.6. The third-order valence-corrected chi connectivity index (χ3v) is 4.82. The van der Waals surface area contributed by atoms with Gasteiger partial charge in [-0.1, -0.05) is 35.9 Å². The Morgan fingerprint density at radius 1 is 1.27 bits per heavy atom. The van der Waals surface area contributed by atoms with E-state index in [9.17, 15) is 4.79 Å². The highest BCUT2D eigenvalue weighted by Crippen LogP contribution is 2.26. The molecular formula is C21H25ClN2O2. The first-order valence-electron chi connectivity index (χ1n) is 9.16. The lowest BCUT2D eigenvalue weighted by Crippen LogP contribution is -2.38. The van der Waals surface area contributed by atoms with E-state index in [0.717, 1.165) is 25.9 Å². The second-order valence-corrected chi connectivity index (χ2v) is 7.02. The van der Waals surface area contributed by atoms with Gasteiger partial charge in [0.2, 0.25) is 0 Å². The summed E-state index contributed by atoms with van der Waals surface area (Å²) in [6.07, 6.45) is 2.70. The van der Waals surface area contributed by atoms with E-state index in [1.54, 1.807) is 31.2 Å². The first-order valence-corrected chi connectivity index (χ1v) is 9.54. The van der Waals surface area contributed by atoms with Crippen molar-refractivity contribution in [1.29, 1.82) is 0 Å². The summed E-state index contributed by atoms with van der Waals surface area (Å²) in [5, 5.41) is 3.55. The molecule has 0 radical (unpaired) electrons. The van der Waals surface area contributed by atoms with E-state index in [4.69, 9.17) is 16.3 Å². The smallest absolute Gasteiger partial charge is 0.260 e. The van der Waals surface area contributed by atoms with E-state index in [1.165, 1.54) is 17.7 Å². The number of benzene rings is 2. The maximum atomic E-state index is 12.2. The Morgan fingerprint density at radius 2 is 2.12 bits per heavy atom. The Balaban J connectivity index is 1.41. The Labute approximate surface area is 160 Å². The molecule has 1 N–H and O–H groups in total. The van der Waals surface area contributed by atoms with E-state index < -0.39 is 6.10 Å². The lowest BCUT2D eigenvalue weighted by atomic mass is 10.0. The second-order valence-electron chi connectivity index (χ2n) is 6.58. The Kier molecular flexibility index (Phi) is 6.40. The van der Waals surface area contributed by atoms with Gasteiger partial charge in [0.15, 0.2) is 6.10 Å². The van der Waals surface area contributed by atoms with Gasteiger partial charge >= 0.3 is 0 Å².